The Bertz CT molecular complexity index is 572. The summed E-state index contributed by atoms with van der Waals surface area (Å²) in [4.78, 5) is 11.7. The van der Waals surface area contributed by atoms with Crippen molar-refractivity contribution in [1.82, 2.24) is 10.2 Å². The van der Waals surface area contributed by atoms with Gasteiger partial charge in [0.05, 0.1) is 24.9 Å². The Morgan fingerprint density at radius 1 is 1.47 bits per heavy atom. The zero-order chi connectivity index (χ0) is 11.8. The molecule has 1 aliphatic rings. The minimum absolute atomic E-state index is 0.235. The predicted octanol–water partition coefficient (Wildman–Crippen LogP) is 1.89. The van der Waals surface area contributed by atoms with Gasteiger partial charge in [0.2, 0.25) is 0 Å². The highest BCUT2D eigenvalue weighted by atomic mass is 16.5. The van der Waals surface area contributed by atoms with Gasteiger partial charge in [0.15, 0.2) is 0 Å². The van der Waals surface area contributed by atoms with Gasteiger partial charge in [-0.15, -0.1) is 0 Å². The van der Waals surface area contributed by atoms with E-state index in [0.717, 1.165) is 23.7 Å². The van der Waals surface area contributed by atoms with E-state index in [1.807, 2.05) is 0 Å². The monoisotopic (exact) mass is 232 g/mol. The average Bonchev–Trinajstić information content (AvgIpc) is 3.03. The zero-order valence-electron chi connectivity index (χ0n) is 9.40. The van der Waals surface area contributed by atoms with Crippen LogP contribution in [0.5, 0.6) is 5.75 Å². The Labute approximate surface area is 97.7 Å². The SMILES string of the molecule is COC(=O)c1cc2cn[nH]c2cc1OC1CC1. The summed E-state index contributed by atoms with van der Waals surface area (Å²) in [7, 11) is 1.36. The van der Waals surface area contributed by atoms with Crippen molar-refractivity contribution in [2.75, 3.05) is 7.11 Å². The molecule has 0 unspecified atom stereocenters. The number of carbonyl (C=O) groups excluding carboxylic acids is 1. The van der Waals surface area contributed by atoms with Crippen molar-refractivity contribution in [2.45, 2.75) is 18.9 Å². The van der Waals surface area contributed by atoms with Crippen LogP contribution in [0.4, 0.5) is 0 Å². The molecule has 0 aliphatic heterocycles. The lowest BCUT2D eigenvalue weighted by Crippen LogP contribution is -2.06. The summed E-state index contributed by atoms with van der Waals surface area (Å²) >= 11 is 0. The van der Waals surface area contributed by atoms with E-state index >= 15 is 0 Å². The van der Waals surface area contributed by atoms with Crippen molar-refractivity contribution >= 4 is 16.9 Å². The first kappa shape index (κ1) is 10.1. The second-order valence-electron chi connectivity index (χ2n) is 4.11. The number of aromatic nitrogens is 2. The number of rotatable bonds is 3. The largest absolute Gasteiger partial charge is 0.489 e. The lowest BCUT2D eigenvalue weighted by atomic mass is 10.1. The van der Waals surface area contributed by atoms with Crippen molar-refractivity contribution in [3.8, 4) is 5.75 Å². The summed E-state index contributed by atoms with van der Waals surface area (Å²) in [5.41, 5.74) is 1.31. The third kappa shape index (κ3) is 1.84. The van der Waals surface area contributed by atoms with Crippen LogP contribution in [0.25, 0.3) is 10.9 Å². The molecule has 1 aromatic heterocycles. The number of carbonyl (C=O) groups is 1. The van der Waals surface area contributed by atoms with E-state index < -0.39 is 0 Å². The molecule has 1 aliphatic carbocycles. The van der Waals surface area contributed by atoms with Crippen LogP contribution in [0.3, 0.4) is 0 Å². The predicted molar refractivity (Wildman–Crippen MR) is 61.1 cm³/mol. The maximum Gasteiger partial charge on any atom is 0.341 e. The van der Waals surface area contributed by atoms with E-state index in [2.05, 4.69) is 10.2 Å². The quantitative estimate of drug-likeness (QED) is 0.821. The van der Waals surface area contributed by atoms with Gasteiger partial charge in [0, 0.05) is 11.5 Å². The minimum Gasteiger partial charge on any atom is -0.489 e. The van der Waals surface area contributed by atoms with Crippen LogP contribution in [0.2, 0.25) is 0 Å². The average molecular weight is 232 g/mol. The second-order valence-corrected chi connectivity index (χ2v) is 4.11. The molecule has 5 heteroatoms. The van der Waals surface area contributed by atoms with Crippen LogP contribution in [0.1, 0.15) is 23.2 Å². The first-order valence-electron chi connectivity index (χ1n) is 5.50. The van der Waals surface area contributed by atoms with E-state index in [1.165, 1.54) is 7.11 Å². The number of methoxy groups -OCH3 is 1. The normalized spacial score (nSPS) is 14.9. The molecule has 1 saturated carbocycles. The van der Waals surface area contributed by atoms with Gasteiger partial charge < -0.3 is 9.47 Å². The smallest absolute Gasteiger partial charge is 0.341 e. The third-order valence-electron chi connectivity index (χ3n) is 2.76. The topological polar surface area (TPSA) is 64.2 Å². The summed E-state index contributed by atoms with van der Waals surface area (Å²) < 4.78 is 10.5. The minimum atomic E-state index is -0.385. The van der Waals surface area contributed by atoms with Crippen molar-refractivity contribution < 1.29 is 14.3 Å². The molecular weight excluding hydrogens is 220 g/mol. The maximum absolute atomic E-state index is 11.7. The number of esters is 1. The zero-order valence-corrected chi connectivity index (χ0v) is 9.40. The Kier molecular flexibility index (Phi) is 2.24. The van der Waals surface area contributed by atoms with E-state index in [0.29, 0.717) is 11.3 Å². The van der Waals surface area contributed by atoms with Crippen molar-refractivity contribution in [1.29, 1.82) is 0 Å². The van der Waals surface area contributed by atoms with Gasteiger partial charge >= 0.3 is 5.97 Å². The first-order valence-corrected chi connectivity index (χ1v) is 5.50. The number of nitrogens with zero attached hydrogens (tertiary/aromatic N) is 1. The summed E-state index contributed by atoms with van der Waals surface area (Å²) in [6.45, 7) is 0. The number of hydrogen-bond acceptors (Lipinski definition) is 4. The summed E-state index contributed by atoms with van der Waals surface area (Å²) in [5, 5.41) is 7.66. The van der Waals surface area contributed by atoms with Crippen molar-refractivity contribution in [2.24, 2.45) is 0 Å². The van der Waals surface area contributed by atoms with Gasteiger partial charge in [-0.25, -0.2) is 4.79 Å². The highest BCUT2D eigenvalue weighted by Crippen LogP contribution is 2.32. The van der Waals surface area contributed by atoms with E-state index in [1.54, 1.807) is 18.3 Å². The lowest BCUT2D eigenvalue weighted by Gasteiger charge is -2.09. The third-order valence-corrected chi connectivity index (χ3v) is 2.76. The molecule has 3 rings (SSSR count). The number of nitrogens with one attached hydrogen (secondary N) is 1. The Hall–Kier alpha value is -2.04. The molecule has 1 N–H and O–H groups in total. The summed E-state index contributed by atoms with van der Waals surface area (Å²) in [6, 6.07) is 3.54. The molecule has 1 aromatic carbocycles. The van der Waals surface area contributed by atoms with E-state index in [4.69, 9.17) is 9.47 Å². The molecule has 0 spiro atoms. The molecule has 17 heavy (non-hydrogen) atoms. The Balaban J connectivity index is 2.09. The molecule has 88 valence electrons. The highest BCUT2D eigenvalue weighted by molar-refractivity contribution is 5.97. The van der Waals surface area contributed by atoms with Gasteiger partial charge in [-0.2, -0.15) is 5.10 Å². The number of aromatic amines is 1. The van der Waals surface area contributed by atoms with Crippen LogP contribution in [-0.4, -0.2) is 29.4 Å². The maximum atomic E-state index is 11.7. The van der Waals surface area contributed by atoms with Gasteiger partial charge in [0.25, 0.3) is 0 Å². The lowest BCUT2D eigenvalue weighted by molar-refractivity contribution is 0.0596. The molecule has 0 bridgehead atoms. The van der Waals surface area contributed by atoms with Crippen LogP contribution >= 0.6 is 0 Å². The molecule has 1 heterocycles. The standard InChI is InChI=1S/C12H12N2O3/c1-16-12(15)9-4-7-6-13-14-10(7)5-11(9)17-8-2-3-8/h4-6,8H,2-3H2,1H3,(H,13,14). The van der Waals surface area contributed by atoms with Crippen molar-refractivity contribution in [3.63, 3.8) is 0 Å². The Morgan fingerprint density at radius 3 is 3.00 bits per heavy atom. The van der Waals surface area contributed by atoms with Gasteiger partial charge in [0.1, 0.15) is 11.3 Å². The molecule has 5 nitrogen and oxygen atoms in total. The van der Waals surface area contributed by atoms with Gasteiger partial charge in [-0.3, -0.25) is 5.10 Å². The van der Waals surface area contributed by atoms with E-state index in [-0.39, 0.29) is 12.1 Å². The summed E-state index contributed by atoms with van der Waals surface area (Å²) in [5.74, 6) is 0.180. The first-order chi connectivity index (χ1) is 8.28. The fourth-order valence-electron chi connectivity index (χ4n) is 1.70. The highest BCUT2D eigenvalue weighted by Gasteiger charge is 2.26. The number of ether oxygens (including phenoxy) is 2. The Morgan fingerprint density at radius 2 is 2.29 bits per heavy atom. The number of benzene rings is 1. The number of hydrogen-bond donors (Lipinski definition) is 1. The molecule has 0 saturated heterocycles. The van der Waals surface area contributed by atoms with E-state index in [9.17, 15) is 4.79 Å². The molecule has 0 atom stereocenters. The van der Waals surface area contributed by atoms with Crippen LogP contribution < -0.4 is 4.74 Å². The van der Waals surface area contributed by atoms with Crippen LogP contribution in [-0.2, 0) is 4.74 Å². The van der Waals surface area contributed by atoms with Gasteiger partial charge in [-0.05, 0) is 18.9 Å². The number of H-pyrrole nitrogens is 1. The fourth-order valence-corrected chi connectivity index (χ4v) is 1.70. The molecule has 0 amide bonds. The second kappa shape index (κ2) is 3.76. The molecular formula is C12H12N2O3. The molecule has 2 aromatic rings. The van der Waals surface area contributed by atoms with Crippen molar-refractivity contribution in [3.05, 3.63) is 23.9 Å². The van der Waals surface area contributed by atoms with Crippen LogP contribution in [0, 0.1) is 0 Å². The van der Waals surface area contributed by atoms with Crippen LogP contribution in [0.15, 0.2) is 18.3 Å². The molecule has 0 radical (unpaired) electrons. The fraction of sp³-hybridized carbons (Fsp3) is 0.333. The number of fused-ring (bicyclic) bond motifs is 1. The van der Waals surface area contributed by atoms with Gasteiger partial charge in [-0.1, -0.05) is 0 Å². The molecule has 1 fully saturated rings. The summed E-state index contributed by atoms with van der Waals surface area (Å²) in [6.07, 6.45) is 3.99.